The zero-order chi connectivity index (χ0) is 22.3. The Kier molecular flexibility index (Phi) is 7.24. The number of halogens is 2. The van der Waals surface area contributed by atoms with E-state index in [4.69, 9.17) is 4.74 Å². The van der Waals surface area contributed by atoms with E-state index in [1.165, 1.54) is 24.3 Å². The second-order valence-electron chi connectivity index (χ2n) is 7.90. The first-order valence-corrected chi connectivity index (χ1v) is 10.7. The van der Waals surface area contributed by atoms with Gasteiger partial charge in [0.25, 0.3) is 0 Å². The van der Waals surface area contributed by atoms with Gasteiger partial charge >= 0.3 is 0 Å². The molecule has 0 aliphatic carbocycles. The quantitative estimate of drug-likeness (QED) is 0.550. The Labute approximate surface area is 187 Å². The number of amides is 1. The van der Waals surface area contributed by atoms with Crippen molar-refractivity contribution in [1.29, 1.82) is 0 Å². The third-order valence-corrected chi connectivity index (χ3v) is 5.74. The fraction of sp³-hybridized carbons (Fsp3) is 0.269. The molecule has 4 rings (SSSR count). The predicted octanol–water partition coefficient (Wildman–Crippen LogP) is 4.42. The SMILES string of the molecule is O=C(COCc1ccccc1)N1CCN(C(c2ccc(F)cc2)c2ccc(F)cc2)CC1. The Morgan fingerprint density at radius 3 is 1.84 bits per heavy atom. The van der Waals surface area contributed by atoms with Gasteiger partial charge in [0, 0.05) is 26.2 Å². The molecular weight excluding hydrogens is 410 g/mol. The summed E-state index contributed by atoms with van der Waals surface area (Å²) in [6.45, 7) is 2.92. The molecule has 0 N–H and O–H groups in total. The van der Waals surface area contributed by atoms with Crippen molar-refractivity contribution in [2.45, 2.75) is 12.6 Å². The first-order valence-electron chi connectivity index (χ1n) is 10.7. The number of nitrogens with zero attached hydrogens (tertiary/aromatic N) is 2. The Morgan fingerprint density at radius 2 is 1.31 bits per heavy atom. The molecular formula is C26H26F2N2O2. The lowest BCUT2D eigenvalue weighted by Gasteiger charge is -2.39. The average molecular weight is 437 g/mol. The maximum absolute atomic E-state index is 13.5. The number of carbonyl (C=O) groups is 1. The fourth-order valence-electron chi connectivity index (χ4n) is 4.06. The molecule has 1 heterocycles. The molecule has 0 spiro atoms. The molecule has 3 aromatic carbocycles. The summed E-state index contributed by atoms with van der Waals surface area (Å²) >= 11 is 0. The largest absolute Gasteiger partial charge is 0.367 e. The van der Waals surface area contributed by atoms with Crippen molar-refractivity contribution in [2.24, 2.45) is 0 Å². The topological polar surface area (TPSA) is 32.8 Å². The van der Waals surface area contributed by atoms with Crippen LogP contribution in [0.1, 0.15) is 22.7 Å². The van der Waals surface area contributed by atoms with Gasteiger partial charge in [0.15, 0.2) is 0 Å². The van der Waals surface area contributed by atoms with Gasteiger partial charge in [-0.2, -0.15) is 0 Å². The van der Waals surface area contributed by atoms with Crippen molar-refractivity contribution in [3.05, 3.63) is 107 Å². The third-order valence-electron chi connectivity index (χ3n) is 5.74. The minimum Gasteiger partial charge on any atom is -0.367 e. The van der Waals surface area contributed by atoms with Crippen LogP contribution in [0.15, 0.2) is 78.9 Å². The normalized spacial score (nSPS) is 14.7. The Hall–Kier alpha value is -3.09. The zero-order valence-corrected chi connectivity index (χ0v) is 17.8. The number of hydrogen-bond acceptors (Lipinski definition) is 3. The molecule has 1 fully saturated rings. The second-order valence-corrected chi connectivity index (χ2v) is 7.90. The molecule has 0 atom stereocenters. The molecule has 0 unspecified atom stereocenters. The smallest absolute Gasteiger partial charge is 0.248 e. The standard InChI is InChI=1S/C26H26F2N2O2/c27-23-10-6-21(7-11-23)26(22-8-12-24(28)13-9-22)30-16-14-29(15-17-30)25(31)19-32-18-20-4-2-1-3-5-20/h1-13,26H,14-19H2. The Balaban J connectivity index is 1.38. The van der Waals surface area contributed by atoms with Gasteiger partial charge in [-0.1, -0.05) is 54.6 Å². The van der Waals surface area contributed by atoms with E-state index in [-0.39, 0.29) is 30.2 Å². The highest BCUT2D eigenvalue weighted by Gasteiger charge is 2.28. The van der Waals surface area contributed by atoms with Crippen LogP contribution in [0.3, 0.4) is 0 Å². The molecule has 3 aromatic rings. The first-order chi connectivity index (χ1) is 15.6. The molecule has 0 saturated carbocycles. The van der Waals surface area contributed by atoms with E-state index >= 15 is 0 Å². The molecule has 1 aliphatic rings. The van der Waals surface area contributed by atoms with Gasteiger partial charge in [0.05, 0.1) is 12.6 Å². The molecule has 0 radical (unpaired) electrons. The average Bonchev–Trinajstić information content (AvgIpc) is 2.83. The van der Waals surface area contributed by atoms with Crippen LogP contribution in [0.2, 0.25) is 0 Å². The number of benzene rings is 3. The molecule has 1 saturated heterocycles. The number of carbonyl (C=O) groups excluding carboxylic acids is 1. The summed E-state index contributed by atoms with van der Waals surface area (Å²) in [5.41, 5.74) is 2.90. The van der Waals surface area contributed by atoms with Crippen LogP contribution in [0.4, 0.5) is 8.78 Å². The van der Waals surface area contributed by atoms with Crippen LogP contribution in [0.5, 0.6) is 0 Å². The summed E-state index contributed by atoms with van der Waals surface area (Å²) in [4.78, 5) is 16.6. The second kappa shape index (κ2) is 10.5. The minimum absolute atomic E-state index is 0.0271. The fourth-order valence-corrected chi connectivity index (χ4v) is 4.06. The molecule has 1 amide bonds. The summed E-state index contributed by atoms with van der Waals surface area (Å²) in [6, 6.07) is 22.4. The summed E-state index contributed by atoms with van der Waals surface area (Å²) in [6.07, 6.45) is 0. The molecule has 6 heteroatoms. The lowest BCUT2D eigenvalue weighted by atomic mass is 9.96. The van der Waals surface area contributed by atoms with Crippen molar-refractivity contribution in [3.63, 3.8) is 0 Å². The summed E-state index contributed by atoms with van der Waals surface area (Å²) in [7, 11) is 0. The van der Waals surface area contributed by atoms with Gasteiger partial charge in [0.1, 0.15) is 18.2 Å². The first kappa shape index (κ1) is 22.1. The highest BCUT2D eigenvalue weighted by Crippen LogP contribution is 2.30. The molecule has 166 valence electrons. The van der Waals surface area contributed by atoms with Crippen molar-refractivity contribution in [3.8, 4) is 0 Å². The van der Waals surface area contributed by atoms with Gasteiger partial charge in [-0.3, -0.25) is 9.69 Å². The van der Waals surface area contributed by atoms with Gasteiger partial charge in [-0.05, 0) is 41.0 Å². The highest BCUT2D eigenvalue weighted by atomic mass is 19.1. The predicted molar refractivity (Wildman–Crippen MR) is 119 cm³/mol. The van der Waals surface area contributed by atoms with Crippen LogP contribution in [-0.4, -0.2) is 48.5 Å². The van der Waals surface area contributed by atoms with E-state index < -0.39 is 0 Å². The van der Waals surface area contributed by atoms with Crippen molar-refractivity contribution in [2.75, 3.05) is 32.8 Å². The Morgan fingerprint density at radius 1 is 0.781 bits per heavy atom. The van der Waals surface area contributed by atoms with Crippen molar-refractivity contribution < 1.29 is 18.3 Å². The summed E-state index contributed by atoms with van der Waals surface area (Å²) in [5.74, 6) is -0.615. The molecule has 0 bridgehead atoms. The van der Waals surface area contributed by atoms with Crippen molar-refractivity contribution in [1.82, 2.24) is 9.80 Å². The lowest BCUT2D eigenvalue weighted by molar-refractivity contribution is -0.138. The van der Waals surface area contributed by atoms with E-state index in [2.05, 4.69) is 4.90 Å². The summed E-state index contributed by atoms with van der Waals surface area (Å²) in [5, 5.41) is 0. The lowest BCUT2D eigenvalue weighted by Crippen LogP contribution is -2.50. The van der Waals surface area contributed by atoms with Gasteiger partial charge in [-0.25, -0.2) is 8.78 Å². The number of piperazine rings is 1. The van der Waals surface area contributed by atoms with Crippen LogP contribution in [0, 0.1) is 11.6 Å². The number of hydrogen-bond donors (Lipinski definition) is 0. The Bertz CT molecular complexity index is 957. The van der Waals surface area contributed by atoms with E-state index in [1.807, 2.05) is 35.2 Å². The van der Waals surface area contributed by atoms with E-state index in [0.29, 0.717) is 32.8 Å². The number of ether oxygens (including phenoxy) is 1. The van der Waals surface area contributed by atoms with E-state index in [9.17, 15) is 13.6 Å². The van der Waals surface area contributed by atoms with Gasteiger partial charge < -0.3 is 9.64 Å². The maximum atomic E-state index is 13.5. The van der Waals surface area contributed by atoms with E-state index in [1.54, 1.807) is 24.3 Å². The van der Waals surface area contributed by atoms with Crippen LogP contribution in [0.25, 0.3) is 0 Å². The maximum Gasteiger partial charge on any atom is 0.248 e. The van der Waals surface area contributed by atoms with Gasteiger partial charge in [0.2, 0.25) is 5.91 Å². The molecule has 32 heavy (non-hydrogen) atoms. The zero-order valence-electron chi connectivity index (χ0n) is 17.8. The van der Waals surface area contributed by atoms with Crippen LogP contribution < -0.4 is 0 Å². The van der Waals surface area contributed by atoms with Gasteiger partial charge in [-0.15, -0.1) is 0 Å². The highest BCUT2D eigenvalue weighted by molar-refractivity contribution is 5.77. The van der Waals surface area contributed by atoms with Crippen LogP contribution >= 0.6 is 0 Å². The minimum atomic E-state index is -0.294. The molecule has 4 nitrogen and oxygen atoms in total. The summed E-state index contributed by atoms with van der Waals surface area (Å²) < 4.78 is 32.6. The molecule has 0 aromatic heterocycles. The van der Waals surface area contributed by atoms with E-state index in [0.717, 1.165) is 16.7 Å². The third kappa shape index (κ3) is 5.58. The molecule has 1 aliphatic heterocycles. The number of rotatable bonds is 7. The van der Waals surface area contributed by atoms with Crippen molar-refractivity contribution >= 4 is 5.91 Å². The van der Waals surface area contributed by atoms with Crippen LogP contribution in [-0.2, 0) is 16.1 Å². The monoisotopic (exact) mass is 436 g/mol.